The van der Waals surface area contributed by atoms with Gasteiger partial charge in [-0.25, -0.2) is 4.79 Å². The lowest BCUT2D eigenvalue weighted by atomic mass is 10.0. The molecule has 7 nitrogen and oxygen atoms in total. The van der Waals surface area contributed by atoms with Crippen LogP contribution in [0.25, 0.3) is 10.2 Å². The Balaban J connectivity index is 2.04. The lowest BCUT2D eigenvalue weighted by Gasteiger charge is -2.06. The standard InChI is InChI=1S/C23H24N2O5S/c1-5-30-22(28)16-8-9-18-19(11-16)31-23(25(18)13-21(27)29-4)24-20(26)12-17-10-14(2)6-7-15(17)3/h6-11H,5,12-13H2,1-4H3. The van der Waals surface area contributed by atoms with Crippen LogP contribution < -0.4 is 4.80 Å². The van der Waals surface area contributed by atoms with Gasteiger partial charge in [0.05, 0.1) is 35.9 Å². The van der Waals surface area contributed by atoms with E-state index in [4.69, 9.17) is 9.47 Å². The number of benzene rings is 2. The summed E-state index contributed by atoms with van der Waals surface area (Å²) < 4.78 is 12.2. The highest BCUT2D eigenvalue weighted by atomic mass is 32.1. The molecule has 1 amide bonds. The zero-order valence-electron chi connectivity index (χ0n) is 17.9. The topological polar surface area (TPSA) is 87.0 Å². The first-order valence-corrected chi connectivity index (χ1v) is 10.6. The van der Waals surface area contributed by atoms with Crippen LogP contribution in [0.15, 0.2) is 41.4 Å². The molecule has 1 heterocycles. The van der Waals surface area contributed by atoms with Gasteiger partial charge in [-0.1, -0.05) is 35.1 Å². The number of carbonyl (C=O) groups is 3. The molecule has 0 saturated carbocycles. The van der Waals surface area contributed by atoms with Crippen molar-refractivity contribution in [2.24, 2.45) is 4.99 Å². The summed E-state index contributed by atoms with van der Waals surface area (Å²) >= 11 is 1.23. The summed E-state index contributed by atoms with van der Waals surface area (Å²) in [6.07, 6.45) is 0.161. The third kappa shape index (κ3) is 5.27. The second-order valence-electron chi connectivity index (χ2n) is 7.06. The van der Waals surface area contributed by atoms with Crippen molar-refractivity contribution in [1.29, 1.82) is 0 Å². The number of fused-ring (bicyclic) bond motifs is 1. The summed E-state index contributed by atoms with van der Waals surface area (Å²) in [5, 5.41) is 0. The van der Waals surface area contributed by atoms with Crippen molar-refractivity contribution >= 4 is 39.4 Å². The molecule has 0 aliphatic heterocycles. The van der Waals surface area contributed by atoms with Gasteiger partial charge in [0.1, 0.15) is 6.54 Å². The Labute approximate surface area is 183 Å². The molecule has 162 valence electrons. The second kappa shape index (κ2) is 9.70. The van der Waals surface area contributed by atoms with Crippen LogP contribution in [0, 0.1) is 13.8 Å². The lowest BCUT2D eigenvalue weighted by Crippen LogP contribution is -2.22. The maximum absolute atomic E-state index is 12.7. The minimum atomic E-state index is -0.461. The van der Waals surface area contributed by atoms with Crippen molar-refractivity contribution in [3.8, 4) is 0 Å². The summed E-state index contributed by atoms with van der Waals surface area (Å²) in [6.45, 7) is 5.85. The zero-order valence-corrected chi connectivity index (χ0v) is 18.7. The molecule has 1 aromatic heterocycles. The average Bonchev–Trinajstić information content (AvgIpc) is 3.06. The van der Waals surface area contributed by atoms with Gasteiger partial charge in [0.2, 0.25) is 0 Å². The van der Waals surface area contributed by atoms with Crippen molar-refractivity contribution in [1.82, 2.24) is 4.57 Å². The van der Waals surface area contributed by atoms with Crippen molar-refractivity contribution in [2.75, 3.05) is 13.7 Å². The molecule has 0 fully saturated rings. The van der Waals surface area contributed by atoms with E-state index < -0.39 is 11.9 Å². The number of thiazole rings is 1. The van der Waals surface area contributed by atoms with Crippen LogP contribution in [-0.4, -0.2) is 36.1 Å². The fourth-order valence-corrected chi connectivity index (χ4v) is 4.23. The predicted octanol–water partition coefficient (Wildman–Crippen LogP) is 3.34. The van der Waals surface area contributed by atoms with Crippen LogP contribution in [0.5, 0.6) is 0 Å². The highest BCUT2D eigenvalue weighted by molar-refractivity contribution is 7.16. The zero-order chi connectivity index (χ0) is 22.5. The number of rotatable bonds is 6. The molecule has 2 aromatic carbocycles. The lowest BCUT2D eigenvalue weighted by molar-refractivity contribution is -0.141. The van der Waals surface area contributed by atoms with E-state index >= 15 is 0 Å². The van der Waals surface area contributed by atoms with E-state index in [-0.39, 0.29) is 25.5 Å². The van der Waals surface area contributed by atoms with Crippen LogP contribution in [0.2, 0.25) is 0 Å². The van der Waals surface area contributed by atoms with Gasteiger partial charge in [0.25, 0.3) is 5.91 Å². The Bertz CT molecular complexity index is 1220. The summed E-state index contributed by atoms with van der Waals surface area (Å²) in [6, 6.07) is 11.0. The van der Waals surface area contributed by atoms with Gasteiger partial charge in [-0.05, 0) is 50.1 Å². The van der Waals surface area contributed by atoms with Gasteiger partial charge < -0.3 is 14.0 Å². The van der Waals surface area contributed by atoms with E-state index in [2.05, 4.69) is 4.99 Å². The largest absolute Gasteiger partial charge is 0.468 e. The van der Waals surface area contributed by atoms with Crippen LogP contribution in [0.3, 0.4) is 0 Å². The van der Waals surface area contributed by atoms with Crippen molar-refractivity contribution in [3.05, 3.63) is 63.5 Å². The highest BCUT2D eigenvalue weighted by Crippen LogP contribution is 2.20. The molecule has 3 rings (SSSR count). The third-order valence-corrected chi connectivity index (χ3v) is 5.82. The number of amides is 1. The van der Waals surface area contributed by atoms with Crippen molar-refractivity contribution in [3.63, 3.8) is 0 Å². The minimum absolute atomic E-state index is 0.0924. The van der Waals surface area contributed by atoms with Crippen molar-refractivity contribution < 1.29 is 23.9 Å². The Hall–Kier alpha value is -3.26. The summed E-state index contributed by atoms with van der Waals surface area (Å²) in [5.74, 6) is -1.20. The monoisotopic (exact) mass is 440 g/mol. The van der Waals surface area contributed by atoms with Crippen LogP contribution in [0.4, 0.5) is 0 Å². The Morgan fingerprint density at radius 1 is 1.10 bits per heavy atom. The molecule has 0 N–H and O–H groups in total. The van der Waals surface area contributed by atoms with Crippen molar-refractivity contribution in [2.45, 2.75) is 33.7 Å². The fraction of sp³-hybridized carbons (Fsp3) is 0.304. The van der Waals surface area contributed by atoms with Gasteiger partial charge in [0.15, 0.2) is 4.80 Å². The maximum Gasteiger partial charge on any atom is 0.338 e. The average molecular weight is 441 g/mol. The fourth-order valence-electron chi connectivity index (χ4n) is 3.15. The Morgan fingerprint density at radius 2 is 1.87 bits per heavy atom. The number of carbonyl (C=O) groups excluding carboxylic acids is 3. The van der Waals surface area contributed by atoms with E-state index in [0.29, 0.717) is 20.6 Å². The summed E-state index contributed by atoms with van der Waals surface area (Å²) in [7, 11) is 1.30. The first kappa shape index (κ1) is 22.4. The minimum Gasteiger partial charge on any atom is -0.468 e. The molecule has 8 heteroatoms. The number of ether oxygens (including phenoxy) is 2. The smallest absolute Gasteiger partial charge is 0.338 e. The van der Waals surface area contributed by atoms with Crippen LogP contribution in [0.1, 0.15) is 34.0 Å². The van der Waals surface area contributed by atoms with Gasteiger partial charge in [0, 0.05) is 0 Å². The SMILES string of the molecule is CCOC(=O)c1ccc2c(c1)sc(=NC(=O)Cc1cc(C)ccc1C)n2CC(=O)OC. The van der Waals surface area contributed by atoms with E-state index in [1.54, 1.807) is 29.7 Å². The van der Waals surface area contributed by atoms with E-state index in [9.17, 15) is 14.4 Å². The first-order valence-electron chi connectivity index (χ1n) is 9.83. The van der Waals surface area contributed by atoms with Gasteiger partial charge in [-0.2, -0.15) is 4.99 Å². The number of hydrogen-bond acceptors (Lipinski definition) is 6. The molecule has 0 aliphatic rings. The molecule has 0 atom stereocenters. The number of methoxy groups -OCH3 is 1. The van der Waals surface area contributed by atoms with Gasteiger partial charge in [-0.3, -0.25) is 9.59 Å². The number of hydrogen-bond donors (Lipinski definition) is 0. The quantitative estimate of drug-likeness (QED) is 0.549. The third-order valence-electron chi connectivity index (χ3n) is 4.78. The Kier molecular flexibility index (Phi) is 7.02. The molecule has 0 unspecified atom stereocenters. The van der Waals surface area contributed by atoms with Crippen LogP contribution in [-0.2, 0) is 32.0 Å². The molecule has 0 radical (unpaired) electrons. The van der Waals surface area contributed by atoms with E-state index in [0.717, 1.165) is 16.7 Å². The molecule has 0 spiro atoms. The molecule has 0 aliphatic carbocycles. The number of esters is 2. The van der Waals surface area contributed by atoms with E-state index in [1.807, 2.05) is 32.0 Å². The number of aromatic nitrogens is 1. The van der Waals surface area contributed by atoms with Crippen LogP contribution >= 0.6 is 11.3 Å². The summed E-state index contributed by atoms with van der Waals surface area (Å²) in [5.41, 5.74) is 4.09. The molecular formula is C23H24N2O5S. The molecular weight excluding hydrogens is 416 g/mol. The normalized spacial score (nSPS) is 11.5. The van der Waals surface area contributed by atoms with Gasteiger partial charge in [-0.15, -0.1) is 0 Å². The maximum atomic E-state index is 12.7. The molecule has 3 aromatic rings. The van der Waals surface area contributed by atoms with Gasteiger partial charge >= 0.3 is 11.9 Å². The Morgan fingerprint density at radius 3 is 2.58 bits per heavy atom. The predicted molar refractivity (Wildman–Crippen MR) is 118 cm³/mol. The molecule has 0 saturated heterocycles. The number of nitrogens with zero attached hydrogens (tertiary/aromatic N) is 2. The summed E-state index contributed by atoms with van der Waals surface area (Å²) in [4.78, 5) is 41.4. The molecule has 0 bridgehead atoms. The highest BCUT2D eigenvalue weighted by Gasteiger charge is 2.15. The molecule has 31 heavy (non-hydrogen) atoms. The number of aryl methyl sites for hydroxylation is 2. The van der Waals surface area contributed by atoms with E-state index in [1.165, 1.54) is 18.4 Å². The second-order valence-corrected chi connectivity index (χ2v) is 8.07. The first-order chi connectivity index (χ1) is 14.8.